The minimum Gasteiger partial charge on any atom is -0.497 e. The lowest BCUT2D eigenvalue weighted by molar-refractivity contribution is 0.0522. The smallest absolute Gasteiger partial charge is 0.118 e. The Morgan fingerprint density at radius 3 is 2.22 bits per heavy atom. The van der Waals surface area contributed by atoms with Gasteiger partial charge in [-0.3, -0.25) is 4.90 Å². The van der Waals surface area contributed by atoms with E-state index in [9.17, 15) is 5.11 Å². The number of likely N-dealkylation sites (N-methyl/N-ethyl adjacent to an activating group) is 1. The van der Waals surface area contributed by atoms with E-state index in [1.807, 2.05) is 24.3 Å². The van der Waals surface area contributed by atoms with Gasteiger partial charge in [-0.15, -0.1) is 0 Å². The molecule has 1 rings (SSSR count). The molecule has 0 radical (unpaired) electrons. The molecule has 3 atom stereocenters. The quantitative estimate of drug-likeness (QED) is 0.844. The van der Waals surface area contributed by atoms with E-state index in [1.54, 1.807) is 7.11 Å². The van der Waals surface area contributed by atoms with Gasteiger partial charge in [0.15, 0.2) is 0 Å². The minimum absolute atomic E-state index is 0.0911. The van der Waals surface area contributed by atoms with Gasteiger partial charge in [-0.1, -0.05) is 19.1 Å². The van der Waals surface area contributed by atoms with Crippen LogP contribution in [0.2, 0.25) is 0 Å². The second-order valence-corrected chi connectivity index (χ2v) is 4.88. The summed E-state index contributed by atoms with van der Waals surface area (Å²) in [5.41, 5.74) is 0.929. The lowest BCUT2D eigenvalue weighted by Gasteiger charge is -2.33. The van der Waals surface area contributed by atoms with Crippen LogP contribution < -0.4 is 4.74 Å². The third kappa shape index (κ3) is 3.47. The van der Waals surface area contributed by atoms with Crippen molar-refractivity contribution in [3.63, 3.8) is 0 Å². The first-order valence-corrected chi connectivity index (χ1v) is 6.55. The molecule has 18 heavy (non-hydrogen) atoms. The second kappa shape index (κ2) is 6.76. The van der Waals surface area contributed by atoms with Crippen LogP contribution in [-0.4, -0.2) is 36.2 Å². The molecule has 0 aliphatic rings. The minimum atomic E-state index is -0.477. The van der Waals surface area contributed by atoms with Gasteiger partial charge >= 0.3 is 0 Å². The third-order valence-electron chi connectivity index (χ3n) is 3.84. The van der Waals surface area contributed by atoms with Gasteiger partial charge in [-0.05, 0) is 45.0 Å². The van der Waals surface area contributed by atoms with Crippen molar-refractivity contribution in [3.8, 4) is 5.75 Å². The van der Waals surface area contributed by atoms with Crippen LogP contribution in [0.15, 0.2) is 24.3 Å². The zero-order valence-electron chi connectivity index (χ0n) is 12.1. The first-order valence-electron chi connectivity index (χ1n) is 6.55. The molecule has 1 aromatic rings. The van der Waals surface area contributed by atoms with Crippen molar-refractivity contribution in [2.75, 3.05) is 14.2 Å². The van der Waals surface area contributed by atoms with Crippen LogP contribution in [0.5, 0.6) is 5.75 Å². The summed E-state index contributed by atoms with van der Waals surface area (Å²) in [5.74, 6) is 0.814. The van der Waals surface area contributed by atoms with E-state index in [2.05, 4.69) is 32.7 Å². The van der Waals surface area contributed by atoms with Gasteiger partial charge in [-0.25, -0.2) is 0 Å². The molecule has 1 N–H and O–H groups in total. The molecule has 0 saturated carbocycles. The molecule has 0 heterocycles. The molecular weight excluding hydrogens is 226 g/mol. The number of aliphatic hydroxyl groups excluding tert-OH is 1. The summed E-state index contributed by atoms with van der Waals surface area (Å²) < 4.78 is 5.12. The average Bonchev–Trinajstić information content (AvgIpc) is 2.44. The van der Waals surface area contributed by atoms with Gasteiger partial charge in [0.05, 0.1) is 13.2 Å². The van der Waals surface area contributed by atoms with Crippen molar-refractivity contribution < 1.29 is 9.84 Å². The van der Waals surface area contributed by atoms with Crippen molar-refractivity contribution in [2.45, 2.75) is 45.4 Å². The molecule has 0 fully saturated rings. The van der Waals surface area contributed by atoms with E-state index in [4.69, 9.17) is 4.74 Å². The number of hydrogen-bond acceptors (Lipinski definition) is 3. The van der Waals surface area contributed by atoms with E-state index < -0.39 is 6.10 Å². The van der Waals surface area contributed by atoms with Crippen LogP contribution in [0.1, 0.15) is 38.9 Å². The molecule has 0 aliphatic carbocycles. The molecule has 3 unspecified atom stereocenters. The standard InChI is InChI=1S/C15H25NO2/c1-6-11(2)16(4)12(3)15(17)13-7-9-14(18-5)10-8-13/h7-12,15,17H,6H2,1-5H3. The monoisotopic (exact) mass is 251 g/mol. The van der Waals surface area contributed by atoms with Gasteiger partial charge in [0.25, 0.3) is 0 Å². The van der Waals surface area contributed by atoms with Crippen LogP contribution in [-0.2, 0) is 0 Å². The highest BCUT2D eigenvalue weighted by atomic mass is 16.5. The zero-order valence-corrected chi connectivity index (χ0v) is 12.1. The number of hydrogen-bond donors (Lipinski definition) is 1. The van der Waals surface area contributed by atoms with E-state index >= 15 is 0 Å². The Kier molecular flexibility index (Phi) is 5.63. The molecule has 3 nitrogen and oxygen atoms in total. The van der Waals surface area contributed by atoms with Gasteiger partial charge in [0, 0.05) is 12.1 Å². The summed E-state index contributed by atoms with van der Waals surface area (Å²) in [4.78, 5) is 2.22. The maximum atomic E-state index is 10.4. The van der Waals surface area contributed by atoms with E-state index in [0.29, 0.717) is 6.04 Å². The highest BCUT2D eigenvalue weighted by molar-refractivity contribution is 5.29. The van der Waals surface area contributed by atoms with E-state index in [1.165, 1.54) is 0 Å². The van der Waals surface area contributed by atoms with Crippen LogP contribution in [0.3, 0.4) is 0 Å². The van der Waals surface area contributed by atoms with Crippen LogP contribution in [0.25, 0.3) is 0 Å². The van der Waals surface area contributed by atoms with Crippen molar-refractivity contribution in [1.29, 1.82) is 0 Å². The summed E-state index contributed by atoms with van der Waals surface area (Å²) in [6, 6.07) is 8.17. The summed E-state index contributed by atoms with van der Waals surface area (Å²) in [5, 5.41) is 10.4. The topological polar surface area (TPSA) is 32.7 Å². The molecule has 0 amide bonds. The Bertz CT molecular complexity index is 350. The van der Waals surface area contributed by atoms with Gasteiger partial charge in [-0.2, -0.15) is 0 Å². The first-order chi connectivity index (χ1) is 8.51. The second-order valence-electron chi connectivity index (χ2n) is 4.88. The largest absolute Gasteiger partial charge is 0.497 e. The van der Waals surface area contributed by atoms with Gasteiger partial charge < -0.3 is 9.84 Å². The van der Waals surface area contributed by atoms with Crippen molar-refractivity contribution in [1.82, 2.24) is 4.90 Å². The normalized spacial score (nSPS) is 16.4. The highest BCUT2D eigenvalue weighted by Crippen LogP contribution is 2.23. The van der Waals surface area contributed by atoms with Crippen LogP contribution in [0.4, 0.5) is 0 Å². The first kappa shape index (κ1) is 15.0. The lowest BCUT2D eigenvalue weighted by atomic mass is 10.0. The summed E-state index contributed by atoms with van der Waals surface area (Å²) in [7, 11) is 3.70. The Balaban J connectivity index is 2.75. The number of rotatable bonds is 6. The summed E-state index contributed by atoms with van der Waals surface area (Å²) >= 11 is 0. The lowest BCUT2D eigenvalue weighted by Crippen LogP contribution is -2.40. The third-order valence-corrected chi connectivity index (χ3v) is 3.84. The van der Waals surface area contributed by atoms with Crippen molar-refractivity contribution in [2.24, 2.45) is 0 Å². The molecule has 0 spiro atoms. The fourth-order valence-electron chi connectivity index (χ4n) is 1.99. The predicted molar refractivity (Wildman–Crippen MR) is 74.9 cm³/mol. The predicted octanol–water partition coefficient (Wildman–Crippen LogP) is 2.85. The zero-order chi connectivity index (χ0) is 13.7. The number of methoxy groups -OCH3 is 1. The molecule has 0 bridgehead atoms. The fraction of sp³-hybridized carbons (Fsp3) is 0.600. The van der Waals surface area contributed by atoms with Gasteiger partial charge in [0.1, 0.15) is 5.75 Å². The molecule has 0 saturated heterocycles. The highest BCUT2D eigenvalue weighted by Gasteiger charge is 2.23. The maximum absolute atomic E-state index is 10.4. The van der Waals surface area contributed by atoms with Crippen molar-refractivity contribution >= 4 is 0 Å². The number of benzene rings is 1. The number of nitrogens with zero attached hydrogens (tertiary/aromatic N) is 1. The van der Waals surface area contributed by atoms with E-state index in [0.717, 1.165) is 17.7 Å². The molecule has 102 valence electrons. The van der Waals surface area contributed by atoms with Crippen LogP contribution >= 0.6 is 0 Å². The molecule has 1 aromatic carbocycles. The molecule has 0 aliphatic heterocycles. The summed E-state index contributed by atoms with van der Waals surface area (Å²) in [6.45, 7) is 6.39. The molecule has 0 aromatic heterocycles. The molecule has 3 heteroatoms. The fourth-order valence-corrected chi connectivity index (χ4v) is 1.99. The molecular formula is C15H25NO2. The van der Waals surface area contributed by atoms with Crippen molar-refractivity contribution in [3.05, 3.63) is 29.8 Å². The Morgan fingerprint density at radius 1 is 1.22 bits per heavy atom. The Hall–Kier alpha value is -1.06. The number of ether oxygens (including phenoxy) is 1. The number of aliphatic hydroxyl groups is 1. The summed E-state index contributed by atoms with van der Waals surface area (Å²) in [6.07, 6.45) is 0.603. The Labute approximate surface area is 110 Å². The Morgan fingerprint density at radius 2 is 1.78 bits per heavy atom. The van der Waals surface area contributed by atoms with E-state index in [-0.39, 0.29) is 6.04 Å². The SMILES string of the molecule is CCC(C)N(C)C(C)C(O)c1ccc(OC)cc1. The van der Waals surface area contributed by atoms with Gasteiger partial charge in [0.2, 0.25) is 0 Å². The van der Waals surface area contributed by atoms with Crippen LogP contribution in [0, 0.1) is 0 Å². The average molecular weight is 251 g/mol. The maximum Gasteiger partial charge on any atom is 0.118 e.